The summed E-state index contributed by atoms with van der Waals surface area (Å²) >= 11 is 0. The summed E-state index contributed by atoms with van der Waals surface area (Å²) in [5, 5.41) is 4.20. The second kappa shape index (κ2) is 4.08. The standard InChI is InChI=1S/C13H15FN4/c1-8-9(10-4-2-3-5-11(10)14)6-7-12-16-13(15)17-18(8)12/h2-5,8-9H,6-7H2,1H3,(H2,15,17). The Hall–Kier alpha value is -1.91. The molecule has 2 atom stereocenters. The molecule has 94 valence electrons. The molecular formula is C13H15FN4. The van der Waals surface area contributed by atoms with Gasteiger partial charge in [0.25, 0.3) is 0 Å². The third-order valence-corrected chi connectivity index (χ3v) is 3.67. The third kappa shape index (κ3) is 1.66. The summed E-state index contributed by atoms with van der Waals surface area (Å²) in [5.74, 6) is 1.17. The molecule has 0 spiro atoms. The van der Waals surface area contributed by atoms with Gasteiger partial charge in [-0.15, -0.1) is 5.10 Å². The van der Waals surface area contributed by atoms with Gasteiger partial charge in [0.1, 0.15) is 11.6 Å². The number of aromatic nitrogens is 3. The largest absolute Gasteiger partial charge is 0.366 e. The Labute approximate surface area is 105 Å². The highest BCUT2D eigenvalue weighted by atomic mass is 19.1. The van der Waals surface area contributed by atoms with Crippen molar-refractivity contribution in [3.8, 4) is 0 Å². The summed E-state index contributed by atoms with van der Waals surface area (Å²) in [4.78, 5) is 4.19. The number of rotatable bonds is 1. The SMILES string of the molecule is CC1C(c2ccccc2F)CCc2nc(N)nn21. The molecular weight excluding hydrogens is 231 g/mol. The van der Waals surface area contributed by atoms with Crippen molar-refractivity contribution in [1.82, 2.24) is 14.8 Å². The van der Waals surface area contributed by atoms with E-state index in [4.69, 9.17) is 5.73 Å². The first-order valence-corrected chi connectivity index (χ1v) is 6.12. The first-order valence-electron chi connectivity index (χ1n) is 6.12. The molecule has 1 aromatic carbocycles. The fourth-order valence-electron chi connectivity index (χ4n) is 2.76. The van der Waals surface area contributed by atoms with Crippen molar-refractivity contribution in [2.75, 3.05) is 5.73 Å². The molecule has 0 fully saturated rings. The van der Waals surface area contributed by atoms with Crippen LogP contribution in [0.3, 0.4) is 0 Å². The average Bonchev–Trinajstić information content (AvgIpc) is 2.73. The van der Waals surface area contributed by atoms with Crippen molar-refractivity contribution in [2.24, 2.45) is 0 Å². The van der Waals surface area contributed by atoms with E-state index in [1.807, 2.05) is 23.7 Å². The molecule has 0 saturated carbocycles. The van der Waals surface area contributed by atoms with Gasteiger partial charge in [-0.05, 0) is 25.0 Å². The van der Waals surface area contributed by atoms with Gasteiger partial charge in [-0.2, -0.15) is 4.98 Å². The van der Waals surface area contributed by atoms with Crippen molar-refractivity contribution >= 4 is 5.95 Å². The topological polar surface area (TPSA) is 56.7 Å². The zero-order chi connectivity index (χ0) is 12.7. The van der Waals surface area contributed by atoms with Crippen LogP contribution in [0.1, 0.15) is 36.7 Å². The summed E-state index contributed by atoms with van der Waals surface area (Å²) < 4.78 is 15.7. The van der Waals surface area contributed by atoms with E-state index in [0.717, 1.165) is 24.2 Å². The van der Waals surface area contributed by atoms with Gasteiger partial charge in [0.15, 0.2) is 0 Å². The lowest BCUT2D eigenvalue weighted by molar-refractivity contribution is 0.331. The Bertz CT molecular complexity index is 578. The molecule has 0 saturated heterocycles. The van der Waals surface area contributed by atoms with E-state index in [1.54, 1.807) is 6.07 Å². The number of nitrogens with two attached hydrogens (primary N) is 1. The van der Waals surface area contributed by atoms with Crippen LogP contribution in [0.15, 0.2) is 24.3 Å². The number of hydrogen-bond donors (Lipinski definition) is 1. The van der Waals surface area contributed by atoms with Crippen LogP contribution < -0.4 is 5.73 Å². The second-order valence-corrected chi connectivity index (χ2v) is 4.74. The molecule has 4 nitrogen and oxygen atoms in total. The Morgan fingerprint density at radius 1 is 1.39 bits per heavy atom. The van der Waals surface area contributed by atoms with Gasteiger partial charge in [0, 0.05) is 12.3 Å². The fraction of sp³-hybridized carbons (Fsp3) is 0.385. The van der Waals surface area contributed by atoms with E-state index < -0.39 is 0 Å². The highest BCUT2D eigenvalue weighted by Gasteiger charge is 2.30. The normalized spacial score (nSPS) is 22.8. The summed E-state index contributed by atoms with van der Waals surface area (Å²) in [7, 11) is 0. The molecule has 2 aromatic rings. The van der Waals surface area contributed by atoms with Crippen LogP contribution in [-0.2, 0) is 6.42 Å². The lowest BCUT2D eigenvalue weighted by Gasteiger charge is -2.29. The Balaban J connectivity index is 2.00. The van der Waals surface area contributed by atoms with Crippen LogP contribution in [0.4, 0.5) is 10.3 Å². The Morgan fingerprint density at radius 3 is 2.94 bits per heavy atom. The number of aryl methyl sites for hydroxylation is 1. The molecule has 5 heteroatoms. The van der Waals surface area contributed by atoms with Crippen LogP contribution in [0, 0.1) is 5.82 Å². The van der Waals surface area contributed by atoms with E-state index in [9.17, 15) is 4.39 Å². The third-order valence-electron chi connectivity index (χ3n) is 3.67. The van der Waals surface area contributed by atoms with Crippen molar-refractivity contribution in [3.05, 3.63) is 41.5 Å². The molecule has 0 amide bonds. The van der Waals surface area contributed by atoms with Crippen LogP contribution in [-0.4, -0.2) is 14.8 Å². The zero-order valence-corrected chi connectivity index (χ0v) is 10.2. The number of anilines is 1. The van der Waals surface area contributed by atoms with Crippen LogP contribution in [0.5, 0.6) is 0 Å². The number of benzene rings is 1. The molecule has 1 aliphatic rings. The van der Waals surface area contributed by atoms with Gasteiger partial charge in [0.2, 0.25) is 5.95 Å². The zero-order valence-electron chi connectivity index (χ0n) is 10.2. The Kier molecular flexibility index (Phi) is 2.54. The fourth-order valence-corrected chi connectivity index (χ4v) is 2.76. The Morgan fingerprint density at radius 2 is 2.17 bits per heavy atom. The van der Waals surface area contributed by atoms with Crippen LogP contribution >= 0.6 is 0 Å². The summed E-state index contributed by atoms with van der Waals surface area (Å²) in [6, 6.07) is 7.02. The number of nitrogen functional groups attached to an aromatic ring is 1. The molecule has 2 N–H and O–H groups in total. The van der Waals surface area contributed by atoms with Crippen LogP contribution in [0.25, 0.3) is 0 Å². The molecule has 2 heterocycles. The molecule has 0 bridgehead atoms. The van der Waals surface area contributed by atoms with Gasteiger partial charge in [-0.25, -0.2) is 9.07 Å². The maximum atomic E-state index is 13.9. The molecule has 0 aliphatic carbocycles. The number of nitrogens with zero attached hydrogens (tertiary/aromatic N) is 3. The van der Waals surface area contributed by atoms with Gasteiger partial charge < -0.3 is 5.73 Å². The lowest BCUT2D eigenvalue weighted by Crippen LogP contribution is -2.25. The minimum Gasteiger partial charge on any atom is -0.366 e. The van der Waals surface area contributed by atoms with Gasteiger partial charge >= 0.3 is 0 Å². The smallest absolute Gasteiger partial charge is 0.239 e. The van der Waals surface area contributed by atoms with Crippen molar-refractivity contribution < 1.29 is 4.39 Å². The van der Waals surface area contributed by atoms with Gasteiger partial charge in [-0.3, -0.25) is 0 Å². The predicted molar refractivity (Wildman–Crippen MR) is 66.6 cm³/mol. The number of hydrogen-bond acceptors (Lipinski definition) is 3. The molecule has 2 unspecified atom stereocenters. The maximum absolute atomic E-state index is 13.9. The minimum atomic E-state index is -0.147. The molecule has 3 rings (SSSR count). The first-order chi connectivity index (χ1) is 8.66. The highest BCUT2D eigenvalue weighted by molar-refractivity contribution is 5.25. The van der Waals surface area contributed by atoms with E-state index in [1.165, 1.54) is 6.07 Å². The second-order valence-electron chi connectivity index (χ2n) is 4.74. The summed E-state index contributed by atoms with van der Waals surface area (Å²) in [5.41, 5.74) is 6.37. The maximum Gasteiger partial charge on any atom is 0.239 e. The van der Waals surface area contributed by atoms with Crippen LogP contribution in [0.2, 0.25) is 0 Å². The van der Waals surface area contributed by atoms with E-state index >= 15 is 0 Å². The predicted octanol–water partition coefficient (Wildman–Crippen LogP) is 2.29. The quantitative estimate of drug-likeness (QED) is 0.839. The molecule has 1 aromatic heterocycles. The highest BCUT2D eigenvalue weighted by Crippen LogP contribution is 2.37. The number of fused-ring (bicyclic) bond motifs is 1. The van der Waals surface area contributed by atoms with Gasteiger partial charge in [0.05, 0.1) is 6.04 Å². The van der Waals surface area contributed by atoms with Crippen molar-refractivity contribution in [3.63, 3.8) is 0 Å². The molecule has 0 radical (unpaired) electrons. The van der Waals surface area contributed by atoms with E-state index in [-0.39, 0.29) is 17.8 Å². The lowest BCUT2D eigenvalue weighted by atomic mass is 9.85. The molecule has 18 heavy (non-hydrogen) atoms. The number of halogens is 1. The minimum absolute atomic E-state index is 0.0791. The van der Waals surface area contributed by atoms with Crippen molar-refractivity contribution in [1.29, 1.82) is 0 Å². The monoisotopic (exact) mass is 246 g/mol. The summed E-state index contributed by atoms with van der Waals surface area (Å²) in [6.45, 7) is 2.04. The first kappa shape index (κ1) is 11.2. The summed E-state index contributed by atoms with van der Waals surface area (Å²) in [6.07, 6.45) is 1.66. The van der Waals surface area contributed by atoms with E-state index in [2.05, 4.69) is 10.1 Å². The van der Waals surface area contributed by atoms with Crippen molar-refractivity contribution in [2.45, 2.75) is 31.7 Å². The average molecular weight is 246 g/mol. The van der Waals surface area contributed by atoms with E-state index in [0.29, 0.717) is 5.95 Å². The molecule has 1 aliphatic heterocycles. The van der Waals surface area contributed by atoms with Gasteiger partial charge in [-0.1, -0.05) is 18.2 Å².